The molecule has 2 rings (SSSR count). The lowest BCUT2D eigenvalue weighted by atomic mass is 10.2. The van der Waals surface area contributed by atoms with Crippen molar-refractivity contribution in [3.63, 3.8) is 0 Å². The van der Waals surface area contributed by atoms with Crippen molar-refractivity contribution >= 4 is 11.6 Å². The monoisotopic (exact) mass is 263 g/mol. The van der Waals surface area contributed by atoms with Gasteiger partial charge in [0.25, 0.3) is 0 Å². The summed E-state index contributed by atoms with van der Waals surface area (Å²) in [5.74, 6) is 2.58. The Morgan fingerprint density at radius 1 is 1.42 bits per heavy atom. The normalized spacial score (nSPS) is 19.2. The number of likely N-dealkylation sites (N-methyl/N-ethyl adjacent to an activating group) is 1. The molecule has 1 unspecified atom stereocenters. The minimum atomic E-state index is 0.554. The molecule has 1 aromatic rings. The summed E-state index contributed by atoms with van der Waals surface area (Å²) in [6.45, 7) is 7.43. The smallest absolute Gasteiger partial charge is 0.134 e. The van der Waals surface area contributed by atoms with Crippen molar-refractivity contribution in [3.8, 4) is 0 Å². The molecule has 19 heavy (non-hydrogen) atoms. The fraction of sp³-hybridized carbons (Fsp3) is 0.714. The topological polar surface area (TPSA) is 53.1 Å². The molecule has 1 aliphatic heterocycles. The van der Waals surface area contributed by atoms with Gasteiger partial charge in [0.2, 0.25) is 0 Å². The van der Waals surface area contributed by atoms with E-state index in [2.05, 4.69) is 45.4 Å². The van der Waals surface area contributed by atoms with E-state index in [0.717, 1.165) is 31.3 Å². The minimum Gasteiger partial charge on any atom is -0.370 e. The Balaban J connectivity index is 2.05. The van der Waals surface area contributed by atoms with Crippen LogP contribution in [0.25, 0.3) is 0 Å². The van der Waals surface area contributed by atoms with Crippen LogP contribution < -0.4 is 15.5 Å². The van der Waals surface area contributed by atoms with Crippen LogP contribution in [0.4, 0.5) is 11.6 Å². The summed E-state index contributed by atoms with van der Waals surface area (Å²) >= 11 is 0. The molecule has 0 radical (unpaired) electrons. The highest BCUT2D eigenvalue weighted by molar-refractivity contribution is 5.49. The summed E-state index contributed by atoms with van der Waals surface area (Å²) in [6, 6.07) is 2.62. The van der Waals surface area contributed by atoms with Gasteiger partial charge in [0, 0.05) is 31.7 Å². The molecule has 106 valence electrons. The molecule has 5 nitrogen and oxygen atoms in total. The number of nitrogens with one attached hydrogen (secondary N) is 2. The summed E-state index contributed by atoms with van der Waals surface area (Å²) in [7, 11) is 2.01. The summed E-state index contributed by atoms with van der Waals surface area (Å²) in [4.78, 5) is 11.1. The Bertz CT molecular complexity index is 393. The average molecular weight is 263 g/mol. The van der Waals surface area contributed by atoms with Crippen molar-refractivity contribution < 1.29 is 0 Å². The standard InChI is InChI=1S/C14H25N5/c1-11(2)8-16-13-7-14(18-10-17-13)19-6-4-5-12(19)9-15-3/h7,10-12,15H,4-6,8-9H2,1-3H3,(H,16,17,18). The van der Waals surface area contributed by atoms with Crippen molar-refractivity contribution in [2.24, 2.45) is 5.92 Å². The van der Waals surface area contributed by atoms with Crippen molar-refractivity contribution in [2.75, 3.05) is 36.9 Å². The van der Waals surface area contributed by atoms with Gasteiger partial charge in [0.15, 0.2) is 0 Å². The highest BCUT2D eigenvalue weighted by Crippen LogP contribution is 2.24. The average Bonchev–Trinajstić information content (AvgIpc) is 2.85. The maximum Gasteiger partial charge on any atom is 0.134 e. The molecular weight excluding hydrogens is 238 g/mol. The van der Waals surface area contributed by atoms with Gasteiger partial charge in [0.1, 0.15) is 18.0 Å². The van der Waals surface area contributed by atoms with Gasteiger partial charge in [-0.2, -0.15) is 0 Å². The first-order chi connectivity index (χ1) is 9.20. The molecule has 0 amide bonds. The number of hydrogen-bond acceptors (Lipinski definition) is 5. The van der Waals surface area contributed by atoms with Gasteiger partial charge in [-0.25, -0.2) is 9.97 Å². The zero-order chi connectivity index (χ0) is 13.7. The van der Waals surface area contributed by atoms with Crippen LogP contribution in [0.2, 0.25) is 0 Å². The van der Waals surface area contributed by atoms with Crippen LogP contribution in [0.15, 0.2) is 12.4 Å². The summed E-state index contributed by atoms with van der Waals surface area (Å²) < 4.78 is 0. The third kappa shape index (κ3) is 3.80. The van der Waals surface area contributed by atoms with Gasteiger partial charge in [-0.3, -0.25) is 0 Å². The lowest BCUT2D eigenvalue weighted by molar-refractivity contribution is 0.611. The lowest BCUT2D eigenvalue weighted by Crippen LogP contribution is -2.37. The molecule has 2 N–H and O–H groups in total. The van der Waals surface area contributed by atoms with Gasteiger partial charge in [-0.05, 0) is 25.8 Å². The maximum atomic E-state index is 4.43. The second-order valence-electron chi connectivity index (χ2n) is 5.58. The van der Waals surface area contributed by atoms with Crippen molar-refractivity contribution in [1.29, 1.82) is 0 Å². The number of hydrogen-bond donors (Lipinski definition) is 2. The van der Waals surface area contributed by atoms with Crippen LogP contribution >= 0.6 is 0 Å². The second kappa shape index (κ2) is 6.70. The van der Waals surface area contributed by atoms with E-state index in [0.29, 0.717) is 12.0 Å². The molecule has 0 saturated carbocycles. The highest BCUT2D eigenvalue weighted by atomic mass is 15.2. The Labute approximate surface area is 115 Å². The maximum absolute atomic E-state index is 4.43. The number of aromatic nitrogens is 2. The molecule has 0 spiro atoms. The number of anilines is 2. The Hall–Kier alpha value is -1.36. The molecule has 2 heterocycles. The Morgan fingerprint density at radius 2 is 2.26 bits per heavy atom. The third-order valence-electron chi connectivity index (χ3n) is 3.46. The van der Waals surface area contributed by atoms with Crippen LogP contribution in [0, 0.1) is 5.92 Å². The molecule has 1 fully saturated rings. The minimum absolute atomic E-state index is 0.554. The zero-order valence-corrected chi connectivity index (χ0v) is 12.2. The third-order valence-corrected chi connectivity index (χ3v) is 3.46. The quantitative estimate of drug-likeness (QED) is 0.818. The van der Waals surface area contributed by atoms with E-state index in [4.69, 9.17) is 0 Å². The van der Waals surface area contributed by atoms with E-state index in [1.165, 1.54) is 12.8 Å². The molecule has 0 bridgehead atoms. The second-order valence-corrected chi connectivity index (χ2v) is 5.58. The fourth-order valence-corrected chi connectivity index (χ4v) is 2.49. The first-order valence-corrected chi connectivity index (χ1v) is 7.18. The van der Waals surface area contributed by atoms with Gasteiger partial charge in [-0.15, -0.1) is 0 Å². The molecule has 0 aromatic carbocycles. The predicted molar refractivity (Wildman–Crippen MR) is 79.7 cm³/mol. The van der Waals surface area contributed by atoms with Crippen LogP contribution in [0.5, 0.6) is 0 Å². The summed E-state index contributed by atoms with van der Waals surface area (Å²) in [5.41, 5.74) is 0. The van der Waals surface area contributed by atoms with E-state index in [1.807, 2.05) is 7.05 Å². The number of rotatable bonds is 6. The molecule has 1 atom stereocenters. The Morgan fingerprint density at radius 3 is 3.00 bits per heavy atom. The molecule has 1 aromatic heterocycles. The summed E-state index contributed by atoms with van der Waals surface area (Å²) in [6.07, 6.45) is 4.14. The van der Waals surface area contributed by atoms with Crippen molar-refractivity contribution in [2.45, 2.75) is 32.7 Å². The molecular formula is C14H25N5. The van der Waals surface area contributed by atoms with Crippen LogP contribution in [0.3, 0.4) is 0 Å². The van der Waals surface area contributed by atoms with E-state index in [-0.39, 0.29) is 0 Å². The van der Waals surface area contributed by atoms with Crippen molar-refractivity contribution in [1.82, 2.24) is 15.3 Å². The molecule has 1 saturated heterocycles. The van der Waals surface area contributed by atoms with E-state index in [9.17, 15) is 0 Å². The van der Waals surface area contributed by atoms with Crippen LogP contribution in [0.1, 0.15) is 26.7 Å². The van der Waals surface area contributed by atoms with Gasteiger partial charge < -0.3 is 15.5 Å². The van der Waals surface area contributed by atoms with Crippen molar-refractivity contribution in [3.05, 3.63) is 12.4 Å². The van der Waals surface area contributed by atoms with E-state index in [1.54, 1.807) is 6.33 Å². The van der Waals surface area contributed by atoms with E-state index >= 15 is 0 Å². The first-order valence-electron chi connectivity index (χ1n) is 7.18. The largest absolute Gasteiger partial charge is 0.370 e. The SMILES string of the molecule is CNCC1CCCN1c1cc(NCC(C)C)ncn1. The predicted octanol–water partition coefficient (Wildman–Crippen LogP) is 1.73. The molecule has 5 heteroatoms. The van der Waals surface area contributed by atoms with Gasteiger partial charge >= 0.3 is 0 Å². The van der Waals surface area contributed by atoms with Crippen LogP contribution in [-0.4, -0.2) is 42.7 Å². The summed E-state index contributed by atoms with van der Waals surface area (Å²) in [5, 5.41) is 6.62. The van der Waals surface area contributed by atoms with E-state index < -0.39 is 0 Å². The molecule has 0 aliphatic carbocycles. The first kappa shape index (κ1) is 14.1. The van der Waals surface area contributed by atoms with Gasteiger partial charge in [0.05, 0.1) is 0 Å². The number of nitrogens with zero attached hydrogens (tertiary/aromatic N) is 3. The molecule has 1 aliphatic rings. The zero-order valence-electron chi connectivity index (χ0n) is 12.2. The van der Waals surface area contributed by atoms with Gasteiger partial charge in [-0.1, -0.05) is 13.8 Å². The fourth-order valence-electron chi connectivity index (χ4n) is 2.49. The lowest BCUT2D eigenvalue weighted by Gasteiger charge is -2.25. The van der Waals surface area contributed by atoms with Crippen LogP contribution in [-0.2, 0) is 0 Å². The Kier molecular flexibility index (Phi) is 4.96. The highest BCUT2D eigenvalue weighted by Gasteiger charge is 2.25.